The van der Waals surface area contributed by atoms with Gasteiger partial charge in [0.1, 0.15) is 12.1 Å². The summed E-state index contributed by atoms with van der Waals surface area (Å²) in [6.45, 7) is 0.927. The minimum Gasteiger partial charge on any atom is -0.343 e. The first-order valence-electron chi connectivity index (χ1n) is 9.02. The fourth-order valence-corrected chi connectivity index (χ4v) is 3.52. The van der Waals surface area contributed by atoms with Crippen molar-refractivity contribution >= 4 is 23.5 Å². The van der Waals surface area contributed by atoms with Gasteiger partial charge in [-0.15, -0.1) is 0 Å². The van der Waals surface area contributed by atoms with Crippen LogP contribution in [0.4, 0.5) is 10.5 Å². The zero-order valence-corrected chi connectivity index (χ0v) is 14.6. The highest BCUT2D eigenvalue weighted by Gasteiger charge is 2.46. The van der Waals surface area contributed by atoms with Crippen molar-refractivity contribution in [2.45, 2.75) is 43.8 Å². The number of piperazine rings is 1. The molecule has 0 saturated carbocycles. The number of hydrogen-bond donors (Lipinski definition) is 4. The maximum Gasteiger partial charge on any atom is 0.319 e. The first-order chi connectivity index (χ1) is 12.6. The van der Waals surface area contributed by atoms with Gasteiger partial charge < -0.3 is 26.6 Å². The Hall–Kier alpha value is -2.61. The predicted octanol–water partition coefficient (Wildman–Crippen LogP) is 0.405. The summed E-state index contributed by atoms with van der Waals surface area (Å²) in [6.07, 6.45) is 2.65. The SMILES string of the molecule is NCCCC[C@@H]1NC(=O)[C@@H]2C[C@H](NC(=O)Nc3ccccc3)CN2C1=O. The third kappa shape index (κ3) is 4.13. The van der Waals surface area contributed by atoms with E-state index in [0.29, 0.717) is 31.6 Å². The van der Waals surface area contributed by atoms with Gasteiger partial charge >= 0.3 is 6.03 Å². The molecule has 2 aliphatic rings. The van der Waals surface area contributed by atoms with Crippen molar-refractivity contribution in [3.63, 3.8) is 0 Å². The van der Waals surface area contributed by atoms with E-state index in [1.54, 1.807) is 17.0 Å². The first-order valence-corrected chi connectivity index (χ1v) is 9.02. The fraction of sp³-hybridized carbons (Fsp3) is 0.500. The Morgan fingerprint density at radius 1 is 1.23 bits per heavy atom. The van der Waals surface area contributed by atoms with E-state index in [2.05, 4.69) is 16.0 Å². The van der Waals surface area contributed by atoms with Crippen molar-refractivity contribution in [3.8, 4) is 0 Å². The maximum atomic E-state index is 12.6. The monoisotopic (exact) mass is 359 g/mol. The zero-order valence-electron chi connectivity index (χ0n) is 14.6. The Labute approximate surface area is 152 Å². The Morgan fingerprint density at radius 3 is 2.73 bits per heavy atom. The van der Waals surface area contributed by atoms with Gasteiger partial charge in [0.15, 0.2) is 0 Å². The molecule has 0 unspecified atom stereocenters. The van der Waals surface area contributed by atoms with Crippen molar-refractivity contribution in [3.05, 3.63) is 30.3 Å². The van der Waals surface area contributed by atoms with E-state index in [0.717, 1.165) is 12.8 Å². The van der Waals surface area contributed by atoms with Crippen molar-refractivity contribution in [2.24, 2.45) is 5.73 Å². The van der Waals surface area contributed by atoms with Gasteiger partial charge in [0.2, 0.25) is 11.8 Å². The second-order valence-electron chi connectivity index (χ2n) is 6.75. The van der Waals surface area contributed by atoms with Crippen LogP contribution in [0.3, 0.4) is 0 Å². The Balaban J connectivity index is 1.55. The molecular weight excluding hydrogens is 334 g/mol. The number of urea groups is 1. The lowest BCUT2D eigenvalue weighted by Gasteiger charge is -2.34. The molecule has 1 aromatic carbocycles. The van der Waals surface area contributed by atoms with Gasteiger partial charge in [0.25, 0.3) is 0 Å². The predicted molar refractivity (Wildman–Crippen MR) is 97.3 cm³/mol. The van der Waals surface area contributed by atoms with Gasteiger partial charge in [0.05, 0.1) is 6.04 Å². The molecule has 0 aliphatic carbocycles. The summed E-state index contributed by atoms with van der Waals surface area (Å²) >= 11 is 0. The van der Waals surface area contributed by atoms with Gasteiger partial charge in [-0.25, -0.2) is 4.79 Å². The standard InChI is InChI=1S/C18H25N5O3/c19-9-5-4-8-14-17(25)23-11-13(10-15(23)16(24)22-14)21-18(26)20-12-6-2-1-3-7-12/h1-3,6-7,13-15H,4-5,8-11,19H2,(H,22,24)(H2,20,21,26)/t13-,14-,15-/m0/s1. The molecule has 0 bridgehead atoms. The molecule has 5 N–H and O–H groups in total. The lowest BCUT2D eigenvalue weighted by atomic mass is 10.0. The number of hydrogen-bond acceptors (Lipinski definition) is 4. The van der Waals surface area contributed by atoms with E-state index >= 15 is 0 Å². The molecule has 2 heterocycles. The van der Waals surface area contributed by atoms with Crippen LogP contribution in [0.15, 0.2) is 30.3 Å². The van der Waals surface area contributed by atoms with E-state index in [-0.39, 0.29) is 23.9 Å². The first kappa shape index (κ1) is 18.2. The van der Waals surface area contributed by atoms with Crippen molar-refractivity contribution in [1.29, 1.82) is 0 Å². The van der Waals surface area contributed by atoms with Crippen LogP contribution in [0, 0.1) is 0 Å². The van der Waals surface area contributed by atoms with Crippen molar-refractivity contribution < 1.29 is 14.4 Å². The van der Waals surface area contributed by atoms with Crippen molar-refractivity contribution in [1.82, 2.24) is 15.5 Å². The number of rotatable bonds is 6. The number of nitrogens with zero attached hydrogens (tertiary/aromatic N) is 1. The fourth-order valence-electron chi connectivity index (χ4n) is 3.52. The number of nitrogens with two attached hydrogens (primary N) is 1. The van der Waals surface area contributed by atoms with Crippen LogP contribution in [-0.2, 0) is 9.59 Å². The molecule has 140 valence electrons. The van der Waals surface area contributed by atoms with Gasteiger partial charge in [-0.3, -0.25) is 9.59 Å². The average Bonchev–Trinajstić information content (AvgIpc) is 3.04. The van der Waals surface area contributed by atoms with Crippen LogP contribution in [0.5, 0.6) is 0 Å². The molecule has 0 spiro atoms. The van der Waals surface area contributed by atoms with Gasteiger partial charge in [-0.2, -0.15) is 0 Å². The van der Waals surface area contributed by atoms with E-state index in [9.17, 15) is 14.4 Å². The van der Waals surface area contributed by atoms with Crippen LogP contribution in [-0.4, -0.2) is 54.0 Å². The highest BCUT2D eigenvalue weighted by Crippen LogP contribution is 2.24. The highest BCUT2D eigenvalue weighted by atomic mass is 16.2. The van der Waals surface area contributed by atoms with Crippen molar-refractivity contribution in [2.75, 3.05) is 18.4 Å². The summed E-state index contributed by atoms with van der Waals surface area (Å²) in [5.41, 5.74) is 6.17. The number of benzene rings is 1. The quantitative estimate of drug-likeness (QED) is 0.550. The van der Waals surface area contributed by atoms with E-state index in [1.807, 2.05) is 18.2 Å². The van der Waals surface area contributed by atoms with Gasteiger partial charge in [-0.05, 0) is 44.4 Å². The Morgan fingerprint density at radius 2 is 2.00 bits per heavy atom. The molecule has 3 atom stereocenters. The normalized spacial score (nSPS) is 24.8. The smallest absolute Gasteiger partial charge is 0.319 e. The second kappa shape index (κ2) is 8.18. The number of para-hydroxylation sites is 1. The molecule has 26 heavy (non-hydrogen) atoms. The van der Waals surface area contributed by atoms with Crippen LogP contribution in [0.1, 0.15) is 25.7 Å². The Bertz CT molecular complexity index is 666. The number of anilines is 1. The molecule has 8 nitrogen and oxygen atoms in total. The minimum atomic E-state index is -0.504. The van der Waals surface area contributed by atoms with E-state index in [1.165, 1.54) is 0 Å². The molecule has 8 heteroatoms. The summed E-state index contributed by atoms with van der Waals surface area (Å²) in [7, 11) is 0. The molecular formula is C18H25N5O3. The van der Waals surface area contributed by atoms with Crippen LogP contribution in [0.25, 0.3) is 0 Å². The highest BCUT2D eigenvalue weighted by molar-refractivity contribution is 5.98. The largest absolute Gasteiger partial charge is 0.343 e. The summed E-state index contributed by atoms with van der Waals surface area (Å²) < 4.78 is 0. The van der Waals surface area contributed by atoms with Crippen LogP contribution >= 0.6 is 0 Å². The van der Waals surface area contributed by atoms with E-state index < -0.39 is 12.1 Å². The van der Waals surface area contributed by atoms with Gasteiger partial charge in [0, 0.05) is 12.2 Å². The summed E-state index contributed by atoms with van der Waals surface area (Å²) in [4.78, 5) is 38.7. The summed E-state index contributed by atoms with van der Waals surface area (Å²) in [5, 5.41) is 8.41. The molecule has 2 fully saturated rings. The average molecular weight is 359 g/mol. The number of amides is 4. The topological polar surface area (TPSA) is 117 Å². The molecule has 2 aliphatic heterocycles. The van der Waals surface area contributed by atoms with E-state index in [4.69, 9.17) is 5.73 Å². The third-order valence-electron chi connectivity index (χ3n) is 4.82. The lowest BCUT2D eigenvalue weighted by molar-refractivity contribution is -0.147. The van der Waals surface area contributed by atoms with Crippen LogP contribution in [0.2, 0.25) is 0 Å². The Kier molecular flexibility index (Phi) is 5.72. The zero-order chi connectivity index (χ0) is 18.5. The molecule has 1 aromatic rings. The molecule has 0 aromatic heterocycles. The minimum absolute atomic E-state index is 0.0700. The number of carbonyl (C=O) groups is 3. The number of carbonyl (C=O) groups excluding carboxylic acids is 3. The lowest BCUT2D eigenvalue weighted by Crippen LogP contribution is -2.61. The third-order valence-corrected chi connectivity index (χ3v) is 4.82. The number of unbranched alkanes of at least 4 members (excludes halogenated alkanes) is 1. The summed E-state index contributed by atoms with van der Waals surface area (Å²) in [5.74, 6) is -0.213. The second-order valence-corrected chi connectivity index (χ2v) is 6.75. The molecule has 2 saturated heterocycles. The molecule has 4 amide bonds. The van der Waals surface area contributed by atoms with Gasteiger partial charge in [-0.1, -0.05) is 18.2 Å². The van der Waals surface area contributed by atoms with Crippen LogP contribution < -0.4 is 21.7 Å². The maximum absolute atomic E-state index is 12.6. The number of fused-ring (bicyclic) bond motifs is 1. The number of nitrogens with one attached hydrogen (secondary N) is 3. The summed E-state index contributed by atoms with van der Waals surface area (Å²) in [6, 6.07) is 7.54. The molecule has 3 rings (SSSR count). The molecule has 0 radical (unpaired) electrons.